The zero-order chi connectivity index (χ0) is 16.9. The highest BCUT2D eigenvalue weighted by atomic mass is 16.1. The molecule has 0 spiro atoms. The quantitative estimate of drug-likeness (QED) is 0.888. The Morgan fingerprint density at radius 3 is 2.96 bits per heavy atom. The second kappa shape index (κ2) is 7.45. The summed E-state index contributed by atoms with van der Waals surface area (Å²) in [5.74, 6) is -0.216. The predicted molar refractivity (Wildman–Crippen MR) is 95.8 cm³/mol. The Bertz CT molecular complexity index is 747. The fraction of sp³-hybridized carbons (Fsp3) is 0.368. The molecule has 0 radical (unpaired) electrons. The van der Waals surface area contributed by atoms with E-state index in [0.29, 0.717) is 6.42 Å². The number of carbonyl (C=O) groups is 1. The molecule has 1 aliphatic heterocycles. The smallest absolute Gasteiger partial charge is 0.217 e. The Balaban J connectivity index is 1.62. The minimum atomic E-state index is -0.216. The van der Waals surface area contributed by atoms with Crippen LogP contribution in [-0.4, -0.2) is 40.2 Å². The first-order valence-corrected chi connectivity index (χ1v) is 8.43. The molecule has 0 bridgehead atoms. The van der Waals surface area contributed by atoms with Gasteiger partial charge in [0.15, 0.2) is 0 Å². The van der Waals surface area contributed by atoms with Gasteiger partial charge in [-0.15, -0.1) is 0 Å². The number of aryl methyl sites for hydroxylation is 1. The first-order valence-electron chi connectivity index (χ1n) is 8.43. The van der Waals surface area contributed by atoms with E-state index in [4.69, 9.17) is 5.73 Å². The average molecular weight is 324 g/mol. The van der Waals surface area contributed by atoms with E-state index in [1.807, 2.05) is 10.9 Å². The van der Waals surface area contributed by atoms with Gasteiger partial charge in [0.25, 0.3) is 0 Å². The molecule has 126 valence electrons. The number of nitrogens with zero attached hydrogens (tertiary/aromatic N) is 3. The van der Waals surface area contributed by atoms with Gasteiger partial charge >= 0.3 is 0 Å². The lowest BCUT2D eigenvalue weighted by atomic mass is 10.0. The average Bonchev–Trinajstić information content (AvgIpc) is 3.05. The number of hydrogen-bond donors (Lipinski definition) is 1. The van der Waals surface area contributed by atoms with Crippen molar-refractivity contribution in [3.8, 4) is 5.69 Å². The van der Waals surface area contributed by atoms with Crippen molar-refractivity contribution in [2.75, 3.05) is 19.6 Å². The molecule has 0 aliphatic carbocycles. The van der Waals surface area contributed by atoms with Crippen LogP contribution in [-0.2, 0) is 4.79 Å². The second-order valence-electron chi connectivity index (χ2n) is 6.36. The molecule has 2 N–H and O–H groups in total. The molecule has 0 saturated carbocycles. The van der Waals surface area contributed by atoms with Gasteiger partial charge in [-0.3, -0.25) is 9.69 Å². The lowest BCUT2D eigenvalue weighted by Gasteiger charge is -2.25. The van der Waals surface area contributed by atoms with E-state index in [9.17, 15) is 4.79 Å². The van der Waals surface area contributed by atoms with Crippen LogP contribution in [0.4, 0.5) is 0 Å². The van der Waals surface area contributed by atoms with Crippen LogP contribution in [0, 0.1) is 6.92 Å². The number of nitrogens with two attached hydrogens (primary N) is 1. The van der Waals surface area contributed by atoms with Gasteiger partial charge in [0, 0.05) is 31.3 Å². The van der Waals surface area contributed by atoms with Gasteiger partial charge < -0.3 is 5.73 Å². The summed E-state index contributed by atoms with van der Waals surface area (Å²) in [5, 5.41) is 4.50. The van der Waals surface area contributed by atoms with Crippen molar-refractivity contribution in [1.29, 1.82) is 0 Å². The summed E-state index contributed by atoms with van der Waals surface area (Å²) in [5.41, 5.74) is 10.0. The van der Waals surface area contributed by atoms with E-state index in [2.05, 4.69) is 53.5 Å². The molecule has 1 aliphatic rings. The summed E-state index contributed by atoms with van der Waals surface area (Å²) < 4.78 is 1.93. The second-order valence-corrected chi connectivity index (χ2v) is 6.36. The predicted octanol–water partition coefficient (Wildman–Crippen LogP) is 2.54. The molecule has 0 fully saturated rings. The van der Waals surface area contributed by atoms with E-state index in [-0.39, 0.29) is 5.91 Å². The lowest BCUT2D eigenvalue weighted by molar-refractivity contribution is -0.118. The van der Waals surface area contributed by atoms with E-state index in [1.165, 1.54) is 16.7 Å². The van der Waals surface area contributed by atoms with Crippen LogP contribution >= 0.6 is 0 Å². The van der Waals surface area contributed by atoms with Crippen molar-refractivity contribution in [3.63, 3.8) is 0 Å². The Morgan fingerprint density at radius 1 is 1.38 bits per heavy atom. The Labute approximate surface area is 142 Å². The van der Waals surface area contributed by atoms with Crippen LogP contribution in [0.2, 0.25) is 0 Å². The highest BCUT2D eigenvalue weighted by Gasteiger charge is 2.14. The number of rotatable bonds is 6. The molecule has 2 aromatic rings. The van der Waals surface area contributed by atoms with Crippen molar-refractivity contribution in [2.24, 2.45) is 5.73 Å². The molecule has 1 aromatic carbocycles. The Kier molecular flexibility index (Phi) is 5.11. The van der Waals surface area contributed by atoms with Crippen molar-refractivity contribution in [3.05, 3.63) is 53.9 Å². The summed E-state index contributed by atoms with van der Waals surface area (Å²) in [6.45, 7) is 4.95. The standard InChI is InChI=1S/C19H24N4O/c1-15-4-2-5-18(12-15)23-14-17(13-21-23)16-7-10-22(11-8-16)9-3-6-19(20)24/h2,4-5,7,12-14H,3,6,8-11H2,1H3,(H2,20,24). The van der Waals surface area contributed by atoms with Gasteiger partial charge in [-0.25, -0.2) is 4.68 Å². The van der Waals surface area contributed by atoms with Crippen LogP contribution in [0.25, 0.3) is 11.3 Å². The molecule has 0 atom stereocenters. The van der Waals surface area contributed by atoms with Gasteiger partial charge in [-0.1, -0.05) is 18.2 Å². The van der Waals surface area contributed by atoms with E-state index < -0.39 is 0 Å². The summed E-state index contributed by atoms with van der Waals surface area (Å²) in [4.78, 5) is 13.2. The number of hydrogen-bond acceptors (Lipinski definition) is 3. The molecule has 1 aromatic heterocycles. The summed E-state index contributed by atoms with van der Waals surface area (Å²) >= 11 is 0. The molecule has 1 amide bonds. The molecule has 5 nitrogen and oxygen atoms in total. The van der Waals surface area contributed by atoms with Crippen molar-refractivity contribution >= 4 is 11.5 Å². The third-order valence-electron chi connectivity index (χ3n) is 4.41. The number of benzene rings is 1. The van der Waals surface area contributed by atoms with Crippen LogP contribution in [0.1, 0.15) is 30.4 Å². The highest BCUT2D eigenvalue weighted by Crippen LogP contribution is 2.23. The molecule has 3 rings (SSSR count). The van der Waals surface area contributed by atoms with Crippen LogP contribution in [0.3, 0.4) is 0 Å². The monoisotopic (exact) mass is 324 g/mol. The van der Waals surface area contributed by atoms with Crippen LogP contribution < -0.4 is 5.73 Å². The molecule has 5 heteroatoms. The Morgan fingerprint density at radius 2 is 2.25 bits per heavy atom. The maximum atomic E-state index is 10.8. The van der Waals surface area contributed by atoms with Gasteiger partial charge in [0.1, 0.15) is 0 Å². The molecule has 0 unspecified atom stereocenters. The minimum absolute atomic E-state index is 0.216. The normalized spacial score (nSPS) is 15.3. The Hall–Kier alpha value is -2.40. The first kappa shape index (κ1) is 16.5. The van der Waals surface area contributed by atoms with E-state index in [0.717, 1.165) is 38.2 Å². The SMILES string of the molecule is Cc1cccc(-n2cc(C3=CCN(CCCC(N)=O)CC3)cn2)c1. The van der Waals surface area contributed by atoms with Crippen molar-refractivity contribution < 1.29 is 4.79 Å². The van der Waals surface area contributed by atoms with Crippen LogP contribution in [0.15, 0.2) is 42.7 Å². The van der Waals surface area contributed by atoms with Gasteiger partial charge in [-0.2, -0.15) is 5.10 Å². The number of primary amides is 1. The third-order valence-corrected chi connectivity index (χ3v) is 4.41. The summed E-state index contributed by atoms with van der Waals surface area (Å²) in [6, 6.07) is 8.34. The summed E-state index contributed by atoms with van der Waals surface area (Å²) in [6.07, 6.45) is 8.63. The number of carbonyl (C=O) groups excluding carboxylic acids is 1. The first-order chi connectivity index (χ1) is 11.6. The lowest BCUT2D eigenvalue weighted by Crippen LogP contribution is -2.30. The molecular formula is C19H24N4O. The fourth-order valence-electron chi connectivity index (χ4n) is 3.05. The van der Waals surface area contributed by atoms with Crippen molar-refractivity contribution in [2.45, 2.75) is 26.2 Å². The van der Waals surface area contributed by atoms with E-state index >= 15 is 0 Å². The third kappa shape index (κ3) is 4.11. The van der Waals surface area contributed by atoms with Gasteiger partial charge in [0.05, 0.1) is 11.9 Å². The van der Waals surface area contributed by atoms with E-state index in [1.54, 1.807) is 0 Å². The molecule has 0 saturated heterocycles. The molecule has 2 heterocycles. The fourth-order valence-corrected chi connectivity index (χ4v) is 3.05. The number of aromatic nitrogens is 2. The van der Waals surface area contributed by atoms with Crippen LogP contribution in [0.5, 0.6) is 0 Å². The maximum Gasteiger partial charge on any atom is 0.217 e. The van der Waals surface area contributed by atoms with Gasteiger partial charge in [0.2, 0.25) is 5.91 Å². The molecule has 24 heavy (non-hydrogen) atoms. The zero-order valence-corrected chi connectivity index (χ0v) is 14.1. The summed E-state index contributed by atoms with van der Waals surface area (Å²) in [7, 11) is 0. The maximum absolute atomic E-state index is 10.8. The highest BCUT2D eigenvalue weighted by molar-refractivity contribution is 5.73. The van der Waals surface area contributed by atoms with Crippen molar-refractivity contribution in [1.82, 2.24) is 14.7 Å². The number of amides is 1. The largest absolute Gasteiger partial charge is 0.370 e. The topological polar surface area (TPSA) is 64.2 Å². The minimum Gasteiger partial charge on any atom is -0.370 e. The molecular weight excluding hydrogens is 300 g/mol. The van der Waals surface area contributed by atoms with Gasteiger partial charge in [-0.05, 0) is 49.6 Å². The zero-order valence-electron chi connectivity index (χ0n) is 14.1.